The first kappa shape index (κ1) is 44.8. The van der Waals surface area contributed by atoms with Crippen LogP contribution in [-0.4, -0.2) is 37.0 Å². The number of carbonyl (C=O) groups excluding carboxylic acids is 3. The van der Waals surface area contributed by atoms with Crippen LogP contribution in [0.25, 0.3) is 0 Å². The van der Waals surface area contributed by atoms with E-state index in [0.717, 1.165) is 38.5 Å². The number of fused-ring (bicyclic) bond motifs is 6. The van der Waals surface area contributed by atoms with Crippen LogP contribution in [0.3, 0.4) is 0 Å². The van der Waals surface area contributed by atoms with Crippen molar-refractivity contribution < 1.29 is 38.1 Å². The van der Waals surface area contributed by atoms with Gasteiger partial charge in [-0.1, -0.05) is 148 Å². The molecule has 316 valence electrons. The number of hydrogen-bond donors (Lipinski definition) is 0. The Kier molecular flexibility index (Phi) is 18.0. The molecule has 58 heavy (non-hydrogen) atoms. The summed E-state index contributed by atoms with van der Waals surface area (Å²) < 4.78 is 30.7. The van der Waals surface area contributed by atoms with Gasteiger partial charge in [0.15, 0.2) is 23.6 Å². The standard InChI is InChI=1S/C50H68O8/c1-5-7-9-11-13-15-17-19-21-23-29-44(37(3)51)55-38-31-33-42-46(35-38)57-47-36-39(32-34-43(47)50(42)41-28-26-25-27-40(41)48(52)58-50)56-45(49(53)54-4)30-24-22-20-18-16-14-12-10-8-6-2/h25-28,31-36,44-45H,5-24,29-30H2,1-4H3. The Morgan fingerprint density at radius 3 is 1.52 bits per heavy atom. The van der Waals surface area contributed by atoms with Gasteiger partial charge in [0.1, 0.15) is 23.0 Å². The lowest BCUT2D eigenvalue weighted by atomic mass is 9.77. The molecule has 3 aromatic carbocycles. The number of hydrogen-bond acceptors (Lipinski definition) is 8. The predicted molar refractivity (Wildman–Crippen MR) is 229 cm³/mol. The van der Waals surface area contributed by atoms with Gasteiger partial charge in [0, 0.05) is 28.8 Å². The molecular formula is C50H68O8. The fraction of sp³-hybridized carbons (Fsp3) is 0.580. The Morgan fingerprint density at radius 1 is 0.586 bits per heavy atom. The van der Waals surface area contributed by atoms with Crippen molar-refractivity contribution in [1.82, 2.24) is 0 Å². The zero-order valence-corrected chi connectivity index (χ0v) is 35.8. The molecule has 1 spiro atoms. The molecule has 2 aliphatic rings. The van der Waals surface area contributed by atoms with E-state index < -0.39 is 29.7 Å². The number of Topliss-reactive ketones (excluding diaryl/α,β-unsaturated/α-hetero) is 1. The highest BCUT2D eigenvalue weighted by Crippen LogP contribution is 2.57. The van der Waals surface area contributed by atoms with E-state index in [0.29, 0.717) is 58.1 Å². The van der Waals surface area contributed by atoms with Crippen LogP contribution in [0, 0.1) is 0 Å². The molecule has 0 aliphatic carbocycles. The summed E-state index contributed by atoms with van der Waals surface area (Å²) in [6, 6.07) is 18.3. The zero-order chi connectivity index (χ0) is 41.2. The number of unbranched alkanes of at least 4 members (excludes halogenated alkanes) is 18. The van der Waals surface area contributed by atoms with Crippen molar-refractivity contribution in [2.45, 2.75) is 180 Å². The first-order valence-electron chi connectivity index (χ1n) is 22.5. The van der Waals surface area contributed by atoms with E-state index in [1.54, 1.807) is 31.2 Å². The Bertz CT molecular complexity index is 1770. The fourth-order valence-electron chi connectivity index (χ4n) is 8.45. The minimum absolute atomic E-state index is 0.0187. The van der Waals surface area contributed by atoms with Crippen LogP contribution < -0.4 is 14.2 Å². The van der Waals surface area contributed by atoms with E-state index in [4.69, 9.17) is 23.7 Å². The maximum Gasteiger partial charge on any atom is 0.347 e. The first-order chi connectivity index (χ1) is 28.3. The summed E-state index contributed by atoms with van der Waals surface area (Å²) in [7, 11) is 1.38. The second-order valence-corrected chi connectivity index (χ2v) is 16.3. The lowest BCUT2D eigenvalue weighted by molar-refractivity contribution is -0.149. The van der Waals surface area contributed by atoms with Crippen LogP contribution in [0.5, 0.6) is 23.0 Å². The minimum atomic E-state index is -1.28. The van der Waals surface area contributed by atoms with E-state index in [-0.39, 0.29) is 5.78 Å². The Morgan fingerprint density at radius 2 is 1.03 bits per heavy atom. The minimum Gasteiger partial charge on any atom is -0.483 e. The molecule has 0 amide bonds. The fourth-order valence-corrected chi connectivity index (χ4v) is 8.45. The van der Waals surface area contributed by atoms with Gasteiger partial charge in [-0.15, -0.1) is 0 Å². The van der Waals surface area contributed by atoms with Gasteiger partial charge in [0.25, 0.3) is 0 Å². The molecule has 3 atom stereocenters. The van der Waals surface area contributed by atoms with E-state index in [1.165, 1.54) is 97.0 Å². The maximum absolute atomic E-state index is 13.4. The molecule has 8 nitrogen and oxygen atoms in total. The summed E-state index contributed by atoms with van der Waals surface area (Å²) in [5.74, 6) is 0.954. The molecule has 5 rings (SSSR count). The Labute approximate surface area is 347 Å². The number of rotatable bonds is 28. The predicted octanol–water partition coefficient (Wildman–Crippen LogP) is 13.1. The molecule has 2 heterocycles. The van der Waals surface area contributed by atoms with Gasteiger partial charge in [0.2, 0.25) is 0 Å². The molecule has 3 unspecified atom stereocenters. The van der Waals surface area contributed by atoms with E-state index >= 15 is 0 Å². The molecule has 0 aromatic heterocycles. The Hall–Kier alpha value is -4.33. The largest absolute Gasteiger partial charge is 0.483 e. The average molecular weight is 797 g/mol. The van der Waals surface area contributed by atoms with Gasteiger partial charge in [-0.05, 0) is 62.9 Å². The average Bonchev–Trinajstić information content (AvgIpc) is 3.52. The molecule has 0 fully saturated rings. The number of methoxy groups -OCH3 is 1. The van der Waals surface area contributed by atoms with Crippen LogP contribution in [0.2, 0.25) is 0 Å². The van der Waals surface area contributed by atoms with Gasteiger partial charge in [0.05, 0.1) is 12.7 Å². The summed E-state index contributed by atoms with van der Waals surface area (Å²) in [5, 5.41) is 0. The highest BCUT2D eigenvalue weighted by molar-refractivity contribution is 5.97. The molecule has 0 saturated carbocycles. The molecule has 2 aliphatic heterocycles. The lowest BCUT2D eigenvalue weighted by Crippen LogP contribution is -2.33. The summed E-state index contributed by atoms with van der Waals surface area (Å²) in [4.78, 5) is 39.1. The Balaban J connectivity index is 1.28. The van der Waals surface area contributed by atoms with E-state index in [2.05, 4.69) is 13.8 Å². The van der Waals surface area contributed by atoms with Crippen molar-refractivity contribution in [3.05, 3.63) is 82.9 Å². The van der Waals surface area contributed by atoms with E-state index in [1.807, 2.05) is 36.4 Å². The normalized spacial score (nSPS) is 16.1. The quantitative estimate of drug-likeness (QED) is 0.0529. The van der Waals surface area contributed by atoms with Crippen molar-refractivity contribution in [2.75, 3.05) is 7.11 Å². The second-order valence-electron chi connectivity index (χ2n) is 16.3. The zero-order valence-electron chi connectivity index (χ0n) is 35.8. The van der Waals surface area contributed by atoms with Gasteiger partial charge in [-0.25, -0.2) is 9.59 Å². The molecule has 8 heteroatoms. The van der Waals surface area contributed by atoms with Crippen LogP contribution in [0.15, 0.2) is 60.7 Å². The van der Waals surface area contributed by atoms with Crippen LogP contribution in [-0.2, 0) is 24.7 Å². The van der Waals surface area contributed by atoms with Crippen molar-refractivity contribution in [3.8, 4) is 23.0 Å². The third kappa shape index (κ3) is 11.9. The topological polar surface area (TPSA) is 97.4 Å². The van der Waals surface area contributed by atoms with Crippen molar-refractivity contribution in [1.29, 1.82) is 0 Å². The third-order valence-corrected chi connectivity index (χ3v) is 11.8. The van der Waals surface area contributed by atoms with Crippen molar-refractivity contribution >= 4 is 17.7 Å². The molecule has 0 bridgehead atoms. The van der Waals surface area contributed by atoms with Crippen LogP contribution in [0.4, 0.5) is 0 Å². The summed E-state index contributed by atoms with van der Waals surface area (Å²) >= 11 is 0. The van der Waals surface area contributed by atoms with Crippen LogP contribution >= 0.6 is 0 Å². The number of ketones is 1. The van der Waals surface area contributed by atoms with Gasteiger partial charge in [-0.2, -0.15) is 0 Å². The SMILES string of the molecule is CCCCCCCCCCCCC(Oc1ccc2c(c1)Oc1cc(OC(CCCCCCCCCCCC)C(=O)OC)ccc1C21OC(=O)c2ccccc21)C(C)=O. The number of esters is 2. The monoisotopic (exact) mass is 796 g/mol. The number of ether oxygens (including phenoxy) is 5. The summed E-state index contributed by atoms with van der Waals surface area (Å²) in [5.41, 5.74) is 1.22. The van der Waals surface area contributed by atoms with Gasteiger partial charge in [-0.3, -0.25) is 4.79 Å². The smallest absolute Gasteiger partial charge is 0.347 e. The summed E-state index contributed by atoms with van der Waals surface area (Å²) in [6.45, 7) is 6.07. The molecule has 0 radical (unpaired) electrons. The van der Waals surface area contributed by atoms with Crippen molar-refractivity contribution in [3.63, 3.8) is 0 Å². The highest BCUT2D eigenvalue weighted by Gasteiger charge is 2.53. The number of carbonyl (C=O) groups is 3. The van der Waals surface area contributed by atoms with Crippen molar-refractivity contribution in [2.24, 2.45) is 0 Å². The van der Waals surface area contributed by atoms with Crippen LogP contribution in [0.1, 0.15) is 189 Å². The third-order valence-electron chi connectivity index (χ3n) is 11.8. The molecule has 0 saturated heterocycles. The first-order valence-corrected chi connectivity index (χ1v) is 22.5. The van der Waals surface area contributed by atoms with E-state index in [9.17, 15) is 14.4 Å². The summed E-state index contributed by atoms with van der Waals surface area (Å²) in [6.07, 6.45) is 24.0. The molecular weight excluding hydrogens is 729 g/mol. The second kappa shape index (κ2) is 23.3. The maximum atomic E-state index is 13.4. The molecule has 3 aromatic rings. The van der Waals surface area contributed by atoms with Gasteiger partial charge < -0.3 is 23.7 Å². The van der Waals surface area contributed by atoms with Gasteiger partial charge >= 0.3 is 11.9 Å². The molecule has 0 N–H and O–H groups in total. The number of benzene rings is 3. The lowest BCUT2D eigenvalue weighted by Gasteiger charge is -2.37. The highest BCUT2D eigenvalue weighted by atomic mass is 16.6.